The Morgan fingerprint density at radius 2 is 2.15 bits per heavy atom. The molecular formula is C15H29N5. The van der Waals surface area contributed by atoms with Crippen LogP contribution in [0.3, 0.4) is 0 Å². The predicted octanol–water partition coefficient (Wildman–Crippen LogP) is 2.68. The minimum absolute atomic E-state index is 0.438. The van der Waals surface area contributed by atoms with Crippen molar-refractivity contribution in [3.8, 4) is 0 Å². The maximum absolute atomic E-state index is 4.56. The third-order valence-corrected chi connectivity index (χ3v) is 3.11. The molecule has 1 atom stereocenters. The Balaban J connectivity index is 2.38. The molecule has 0 fully saturated rings. The van der Waals surface area contributed by atoms with Crippen LogP contribution >= 0.6 is 0 Å². The zero-order valence-corrected chi connectivity index (χ0v) is 13.2. The zero-order chi connectivity index (χ0) is 14.8. The van der Waals surface area contributed by atoms with Crippen molar-refractivity contribution in [2.75, 3.05) is 6.54 Å². The van der Waals surface area contributed by atoms with E-state index in [1.165, 1.54) is 19.3 Å². The molecule has 1 heterocycles. The lowest BCUT2D eigenvalue weighted by Gasteiger charge is -2.18. The van der Waals surface area contributed by atoms with Gasteiger partial charge in [-0.05, 0) is 32.3 Å². The highest BCUT2D eigenvalue weighted by Crippen LogP contribution is 2.08. The molecule has 0 spiro atoms. The molecule has 0 aliphatic carbocycles. The Morgan fingerprint density at radius 1 is 1.35 bits per heavy atom. The molecule has 0 bridgehead atoms. The van der Waals surface area contributed by atoms with Crippen LogP contribution in [0.2, 0.25) is 0 Å². The summed E-state index contributed by atoms with van der Waals surface area (Å²) in [7, 11) is 0. The number of nitrogens with one attached hydrogen (secondary N) is 3. The van der Waals surface area contributed by atoms with Gasteiger partial charge in [-0.2, -0.15) is 5.10 Å². The number of H-pyrrole nitrogens is 1. The number of aromatic amines is 1. The molecule has 0 radical (unpaired) electrons. The molecule has 1 unspecified atom stereocenters. The van der Waals surface area contributed by atoms with Crippen LogP contribution in [0.1, 0.15) is 52.7 Å². The SMILES string of the molecule is CCNC(=NCc1ccn[nH]1)NC(C)CCCC(C)C. The van der Waals surface area contributed by atoms with E-state index in [-0.39, 0.29) is 0 Å². The van der Waals surface area contributed by atoms with Crippen LogP contribution in [0.15, 0.2) is 17.3 Å². The average molecular weight is 279 g/mol. The van der Waals surface area contributed by atoms with Gasteiger partial charge in [-0.25, -0.2) is 4.99 Å². The van der Waals surface area contributed by atoms with Gasteiger partial charge in [0.05, 0.1) is 12.2 Å². The predicted molar refractivity (Wildman–Crippen MR) is 84.7 cm³/mol. The summed E-state index contributed by atoms with van der Waals surface area (Å²) >= 11 is 0. The molecule has 114 valence electrons. The number of hydrogen-bond donors (Lipinski definition) is 3. The molecule has 0 amide bonds. The summed E-state index contributed by atoms with van der Waals surface area (Å²) in [4.78, 5) is 4.56. The normalized spacial score (nSPS) is 13.6. The minimum Gasteiger partial charge on any atom is -0.357 e. The molecule has 3 N–H and O–H groups in total. The van der Waals surface area contributed by atoms with Gasteiger partial charge in [0, 0.05) is 18.8 Å². The second-order valence-electron chi connectivity index (χ2n) is 5.65. The van der Waals surface area contributed by atoms with Gasteiger partial charge in [-0.1, -0.05) is 26.7 Å². The average Bonchev–Trinajstić information content (AvgIpc) is 2.89. The largest absolute Gasteiger partial charge is 0.357 e. The summed E-state index contributed by atoms with van der Waals surface area (Å²) in [5, 5.41) is 13.6. The Morgan fingerprint density at radius 3 is 2.75 bits per heavy atom. The quantitative estimate of drug-likeness (QED) is 0.506. The Kier molecular flexibility index (Phi) is 7.77. The lowest BCUT2D eigenvalue weighted by atomic mass is 10.0. The number of nitrogens with zero attached hydrogens (tertiary/aromatic N) is 2. The molecule has 1 aromatic heterocycles. The van der Waals surface area contributed by atoms with Gasteiger partial charge in [0.25, 0.3) is 0 Å². The number of hydrogen-bond acceptors (Lipinski definition) is 2. The molecular weight excluding hydrogens is 250 g/mol. The fraction of sp³-hybridized carbons (Fsp3) is 0.733. The van der Waals surface area contributed by atoms with Crippen molar-refractivity contribution in [1.29, 1.82) is 0 Å². The van der Waals surface area contributed by atoms with E-state index in [1.807, 2.05) is 6.07 Å². The van der Waals surface area contributed by atoms with E-state index in [1.54, 1.807) is 6.20 Å². The molecule has 5 heteroatoms. The van der Waals surface area contributed by atoms with Gasteiger partial charge in [-0.15, -0.1) is 0 Å². The van der Waals surface area contributed by atoms with Crippen molar-refractivity contribution in [3.05, 3.63) is 18.0 Å². The minimum atomic E-state index is 0.438. The highest BCUT2D eigenvalue weighted by molar-refractivity contribution is 5.79. The van der Waals surface area contributed by atoms with Crippen molar-refractivity contribution < 1.29 is 0 Å². The zero-order valence-electron chi connectivity index (χ0n) is 13.2. The Hall–Kier alpha value is -1.52. The van der Waals surface area contributed by atoms with Crippen LogP contribution in [0, 0.1) is 5.92 Å². The van der Waals surface area contributed by atoms with Gasteiger partial charge in [0.2, 0.25) is 0 Å². The van der Waals surface area contributed by atoms with E-state index < -0.39 is 0 Å². The molecule has 5 nitrogen and oxygen atoms in total. The first-order valence-corrected chi connectivity index (χ1v) is 7.65. The van der Waals surface area contributed by atoms with Gasteiger partial charge < -0.3 is 10.6 Å². The van der Waals surface area contributed by atoms with Gasteiger partial charge >= 0.3 is 0 Å². The Bertz CT molecular complexity index is 370. The lowest BCUT2D eigenvalue weighted by molar-refractivity contribution is 0.491. The highest BCUT2D eigenvalue weighted by Gasteiger charge is 2.05. The van der Waals surface area contributed by atoms with Crippen molar-refractivity contribution in [2.45, 2.75) is 59.5 Å². The molecule has 0 aromatic carbocycles. The van der Waals surface area contributed by atoms with E-state index in [4.69, 9.17) is 0 Å². The van der Waals surface area contributed by atoms with Gasteiger partial charge in [-0.3, -0.25) is 5.10 Å². The molecule has 0 aliphatic heterocycles. The monoisotopic (exact) mass is 279 g/mol. The van der Waals surface area contributed by atoms with Crippen LogP contribution in [0.4, 0.5) is 0 Å². The third-order valence-electron chi connectivity index (χ3n) is 3.11. The van der Waals surface area contributed by atoms with Crippen molar-refractivity contribution in [1.82, 2.24) is 20.8 Å². The van der Waals surface area contributed by atoms with E-state index in [9.17, 15) is 0 Å². The first kappa shape index (κ1) is 16.5. The number of guanidine groups is 1. The molecule has 1 rings (SSSR count). The van der Waals surface area contributed by atoms with Crippen LogP contribution in [0.25, 0.3) is 0 Å². The summed E-state index contributed by atoms with van der Waals surface area (Å²) in [5.41, 5.74) is 1.02. The lowest BCUT2D eigenvalue weighted by Crippen LogP contribution is -2.42. The van der Waals surface area contributed by atoms with Crippen LogP contribution < -0.4 is 10.6 Å². The standard InChI is InChI=1S/C15H29N5/c1-5-16-15(17-11-14-9-10-18-20-14)19-13(4)8-6-7-12(2)3/h9-10,12-13H,5-8,11H2,1-4H3,(H,18,20)(H2,16,17,19). The van der Waals surface area contributed by atoms with Gasteiger partial charge in [0.15, 0.2) is 5.96 Å². The van der Waals surface area contributed by atoms with Crippen LogP contribution in [-0.4, -0.2) is 28.7 Å². The molecule has 0 saturated carbocycles. The van der Waals surface area contributed by atoms with E-state index in [2.05, 4.69) is 53.5 Å². The molecule has 0 saturated heterocycles. The molecule has 0 aliphatic rings. The summed E-state index contributed by atoms with van der Waals surface area (Å²) in [6.45, 7) is 10.3. The van der Waals surface area contributed by atoms with E-state index >= 15 is 0 Å². The van der Waals surface area contributed by atoms with Crippen molar-refractivity contribution in [2.24, 2.45) is 10.9 Å². The summed E-state index contributed by atoms with van der Waals surface area (Å²) in [6, 6.07) is 2.38. The first-order chi connectivity index (χ1) is 9.61. The summed E-state index contributed by atoms with van der Waals surface area (Å²) < 4.78 is 0. The molecule has 20 heavy (non-hydrogen) atoms. The smallest absolute Gasteiger partial charge is 0.191 e. The van der Waals surface area contributed by atoms with Crippen LogP contribution in [0.5, 0.6) is 0 Å². The highest BCUT2D eigenvalue weighted by atomic mass is 15.2. The summed E-state index contributed by atoms with van der Waals surface area (Å²) in [6.07, 6.45) is 5.46. The van der Waals surface area contributed by atoms with Crippen molar-refractivity contribution in [3.63, 3.8) is 0 Å². The number of aromatic nitrogens is 2. The number of aliphatic imine (C=N–C) groups is 1. The fourth-order valence-corrected chi connectivity index (χ4v) is 1.99. The van der Waals surface area contributed by atoms with Crippen LogP contribution in [-0.2, 0) is 6.54 Å². The fourth-order valence-electron chi connectivity index (χ4n) is 1.99. The van der Waals surface area contributed by atoms with Gasteiger partial charge in [0.1, 0.15) is 0 Å². The third kappa shape index (κ3) is 7.16. The second-order valence-corrected chi connectivity index (χ2v) is 5.65. The maximum Gasteiger partial charge on any atom is 0.191 e. The number of rotatable bonds is 8. The van der Waals surface area contributed by atoms with E-state index in [0.717, 1.165) is 24.1 Å². The topological polar surface area (TPSA) is 65.1 Å². The summed E-state index contributed by atoms with van der Waals surface area (Å²) in [5.74, 6) is 1.66. The van der Waals surface area contributed by atoms with Crippen molar-refractivity contribution >= 4 is 5.96 Å². The van der Waals surface area contributed by atoms with E-state index in [0.29, 0.717) is 12.6 Å². The Labute approximate surface area is 122 Å². The maximum atomic E-state index is 4.56. The molecule has 1 aromatic rings. The first-order valence-electron chi connectivity index (χ1n) is 7.65. The second kappa shape index (κ2) is 9.39.